The number of benzene rings is 1. The topological polar surface area (TPSA) is 62.0 Å². The van der Waals surface area contributed by atoms with Gasteiger partial charge in [0, 0.05) is 0 Å². The van der Waals surface area contributed by atoms with Crippen LogP contribution in [0.5, 0.6) is 0 Å². The quantitative estimate of drug-likeness (QED) is 0.729. The third kappa shape index (κ3) is 1.88. The molecule has 0 aromatic heterocycles. The lowest BCUT2D eigenvalue weighted by molar-refractivity contribution is -0.304. The maximum Gasteiger partial charge on any atom is 0.176 e. The third-order valence-electron chi connectivity index (χ3n) is 2.10. The number of rotatable bonds is 1. The van der Waals surface area contributed by atoms with Gasteiger partial charge in [0.2, 0.25) is 0 Å². The molecule has 0 radical (unpaired) electrons. The van der Waals surface area contributed by atoms with Crippen molar-refractivity contribution >= 4 is 5.69 Å². The summed E-state index contributed by atoms with van der Waals surface area (Å²) in [7, 11) is 0. The van der Waals surface area contributed by atoms with Crippen LogP contribution in [0, 0.1) is 13.8 Å². The average molecular weight is 207 g/mol. The maximum absolute atomic E-state index is 9.14. The Kier molecular flexibility index (Phi) is 2.26. The monoisotopic (exact) mass is 207 g/mol. The second-order valence-corrected chi connectivity index (χ2v) is 3.58. The molecule has 0 bridgehead atoms. The van der Waals surface area contributed by atoms with E-state index in [2.05, 4.69) is 6.07 Å². The molecule has 0 spiro atoms. The van der Waals surface area contributed by atoms with Crippen LogP contribution in [0.15, 0.2) is 30.2 Å². The maximum atomic E-state index is 9.14. The Hall–Kier alpha value is -1.72. The van der Waals surface area contributed by atoms with Crippen molar-refractivity contribution in [2.75, 3.05) is 5.06 Å². The fourth-order valence-electron chi connectivity index (χ4n) is 1.52. The molecule has 1 aromatic rings. The summed E-state index contributed by atoms with van der Waals surface area (Å²) in [6.07, 6.45) is 1.51. The van der Waals surface area contributed by atoms with E-state index < -0.39 is 0 Å². The number of hydroxylamine groups is 3. The number of nitrogens with two attached hydrogens (primary N) is 1. The summed E-state index contributed by atoms with van der Waals surface area (Å²) >= 11 is 0. The Bertz CT molecular complexity index is 397. The second-order valence-electron chi connectivity index (χ2n) is 3.58. The first kappa shape index (κ1) is 9.82. The van der Waals surface area contributed by atoms with Crippen molar-refractivity contribution in [2.45, 2.75) is 13.8 Å². The minimum Gasteiger partial charge on any atom is -0.380 e. The van der Waals surface area contributed by atoms with Crippen LogP contribution in [0.3, 0.4) is 0 Å². The normalized spacial score (nSPS) is 15.8. The molecular weight excluding hydrogens is 194 g/mol. The molecule has 1 aromatic carbocycles. The van der Waals surface area contributed by atoms with Crippen LogP contribution >= 0.6 is 0 Å². The third-order valence-corrected chi connectivity index (χ3v) is 2.10. The zero-order valence-electron chi connectivity index (χ0n) is 8.64. The van der Waals surface area contributed by atoms with Gasteiger partial charge in [-0.1, -0.05) is 11.3 Å². The van der Waals surface area contributed by atoms with E-state index in [0.717, 1.165) is 16.8 Å². The van der Waals surface area contributed by atoms with Crippen LogP contribution < -0.4 is 10.8 Å². The molecule has 5 heteroatoms. The highest BCUT2D eigenvalue weighted by atomic mass is 17.0. The zero-order valence-corrected chi connectivity index (χ0v) is 8.64. The highest BCUT2D eigenvalue weighted by molar-refractivity contribution is 5.51. The molecule has 0 aliphatic carbocycles. The summed E-state index contributed by atoms with van der Waals surface area (Å²) < 4.78 is 0. The van der Waals surface area contributed by atoms with Crippen LogP contribution in [0.4, 0.5) is 5.69 Å². The van der Waals surface area contributed by atoms with E-state index in [4.69, 9.17) is 15.9 Å². The molecule has 0 amide bonds. The van der Waals surface area contributed by atoms with Gasteiger partial charge in [0.05, 0.1) is 11.9 Å². The van der Waals surface area contributed by atoms with Crippen LogP contribution in [0.25, 0.3) is 0 Å². The fourth-order valence-corrected chi connectivity index (χ4v) is 1.52. The molecule has 80 valence electrons. The minimum absolute atomic E-state index is 0.147. The van der Waals surface area contributed by atoms with Crippen molar-refractivity contribution in [3.63, 3.8) is 0 Å². The van der Waals surface area contributed by atoms with Gasteiger partial charge in [-0.05, 0) is 37.1 Å². The summed E-state index contributed by atoms with van der Waals surface area (Å²) in [5.74, 6) is 0.147. The number of nitrogens with zero attached hydrogens (tertiary/aromatic N) is 2. The molecule has 1 aliphatic rings. The Morgan fingerprint density at radius 3 is 2.27 bits per heavy atom. The van der Waals surface area contributed by atoms with Crippen LogP contribution in [0.2, 0.25) is 0 Å². The minimum atomic E-state index is 0.147. The lowest BCUT2D eigenvalue weighted by atomic mass is 10.1. The lowest BCUT2D eigenvalue weighted by Gasteiger charge is -2.16. The molecule has 0 fully saturated rings. The molecule has 15 heavy (non-hydrogen) atoms. The average Bonchev–Trinajstić information content (AvgIpc) is 2.45. The first-order valence-corrected chi connectivity index (χ1v) is 4.58. The highest BCUT2D eigenvalue weighted by Gasteiger charge is 2.20. The predicted molar refractivity (Wildman–Crippen MR) is 55.4 cm³/mol. The fraction of sp³-hybridized carbons (Fsp3) is 0.200. The van der Waals surface area contributed by atoms with Crippen LogP contribution in [-0.4, -0.2) is 10.4 Å². The van der Waals surface area contributed by atoms with Gasteiger partial charge < -0.3 is 5.73 Å². The summed E-state index contributed by atoms with van der Waals surface area (Å²) in [5, 5.41) is 11.1. The Balaban J connectivity index is 2.31. The molecule has 1 heterocycles. The van der Waals surface area contributed by atoms with Crippen molar-refractivity contribution in [1.82, 2.24) is 5.23 Å². The van der Waals surface area contributed by atoms with Gasteiger partial charge in [-0.3, -0.25) is 5.21 Å². The zero-order chi connectivity index (χ0) is 11.0. The van der Waals surface area contributed by atoms with E-state index in [1.807, 2.05) is 26.0 Å². The van der Waals surface area contributed by atoms with E-state index in [1.54, 1.807) is 0 Å². The first-order valence-electron chi connectivity index (χ1n) is 4.58. The van der Waals surface area contributed by atoms with Crippen LogP contribution in [-0.2, 0) is 4.94 Å². The van der Waals surface area contributed by atoms with Crippen molar-refractivity contribution in [3.05, 3.63) is 41.3 Å². The van der Waals surface area contributed by atoms with E-state index in [0.29, 0.717) is 5.23 Å². The largest absolute Gasteiger partial charge is 0.380 e. The molecule has 5 nitrogen and oxygen atoms in total. The Morgan fingerprint density at radius 1 is 1.20 bits per heavy atom. The lowest BCUT2D eigenvalue weighted by Crippen LogP contribution is -2.22. The van der Waals surface area contributed by atoms with Gasteiger partial charge in [0.15, 0.2) is 5.82 Å². The van der Waals surface area contributed by atoms with E-state index in [-0.39, 0.29) is 5.82 Å². The molecule has 0 saturated heterocycles. The van der Waals surface area contributed by atoms with Gasteiger partial charge in [-0.25, -0.2) is 0 Å². The molecular formula is C10H13N3O2. The number of hydrogen-bond acceptors (Lipinski definition) is 5. The first-order chi connectivity index (χ1) is 7.06. The second kappa shape index (κ2) is 3.45. The Labute approximate surface area is 87.8 Å². The van der Waals surface area contributed by atoms with Crippen molar-refractivity contribution in [3.8, 4) is 0 Å². The molecule has 0 saturated carbocycles. The van der Waals surface area contributed by atoms with Crippen molar-refractivity contribution in [1.29, 1.82) is 0 Å². The van der Waals surface area contributed by atoms with Gasteiger partial charge in [0.25, 0.3) is 0 Å². The SMILES string of the molecule is Cc1cc(C)cc(N2C=C(N)N(O)O2)c1. The van der Waals surface area contributed by atoms with Gasteiger partial charge in [-0.15, -0.1) is 4.94 Å². The van der Waals surface area contributed by atoms with E-state index in [1.165, 1.54) is 11.3 Å². The number of aryl methyl sites for hydroxylation is 2. The van der Waals surface area contributed by atoms with Crippen molar-refractivity contribution < 1.29 is 10.1 Å². The number of anilines is 1. The summed E-state index contributed by atoms with van der Waals surface area (Å²) in [5.41, 5.74) is 8.52. The van der Waals surface area contributed by atoms with Gasteiger partial charge in [-0.2, -0.15) is 5.06 Å². The molecule has 2 rings (SSSR count). The Morgan fingerprint density at radius 2 is 1.80 bits per heavy atom. The summed E-state index contributed by atoms with van der Waals surface area (Å²) in [6, 6.07) is 5.94. The van der Waals surface area contributed by atoms with Gasteiger partial charge >= 0.3 is 0 Å². The smallest absolute Gasteiger partial charge is 0.176 e. The van der Waals surface area contributed by atoms with Gasteiger partial charge in [0.1, 0.15) is 0 Å². The van der Waals surface area contributed by atoms with E-state index in [9.17, 15) is 0 Å². The summed E-state index contributed by atoms with van der Waals surface area (Å²) in [6.45, 7) is 3.99. The summed E-state index contributed by atoms with van der Waals surface area (Å²) in [4.78, 5) is 4.97. The molecule has 3 N–H and O–H groups in total. The predicted octanol–water partition coefficient (Wildman–Crippen LogP) is 1.42. The molecule has 1 aliphatic heterocycles. The van der Waals surface area contributed by atoms with Crippen LogP contribution in [0.1, 0.15) is 11.1 Å². The van der Waals surface area contributed by atoms with Crippen molar-refractivity contribution in [2.24, 2.45) is 5.73 Å². The van der Waals surface area contributed by atoms with E-state index >= 15 is 0 Å². The standard InChI is InChI=1S/C10H13N3O2/c1-7-3-8(2)5-9(4-7)12-6-10(11)13(14)15-12/h3-6,14H,11H2,1-2H3. The molecule has 0 unspecified atom stereocenters. The highest BCUT2D eigenvalue weighted by Crippen LogP contribution is 2.23. The molecule has 0 atom stereocenters. The number of hydrogen-bond donors (Lipinski definition) is 2.